The normalized spacial score (nSPS) is 17.8. The van der Waals surface area contributed by atoms with Crippen LogP contribution in [0.4, 0.5) is 18.9 Å². The van der Waals surface area contributed by atoms with E-state index in [2.05, 4.69) is 21.0 Å². The molecule has 1 aliphatic heterocycles. The molecule has 0 saturated heterocycles. The fraction of sp³-hybridized carbons (Fsp3) is 0.400. The number of amides is 2. The largest absolute Gasteiger partial charge is 0.417 e. The highest BCUT2D eigenvalue weighted by molar-refractivity contribution is 9.10. The molecular weight excluding hydrogens is 579 g/mol. The van der Waals surface area contributed by atoms with Gasteiger partial charge in [-0.25, -0.2) is 4.90 Å². The summed E-state index contributed by atoms with van der Waals surface area (Å²) in [6.07, 6.45) is -0.966. The molecule has 11 heteroatoms. The molecule has 0 fully saturated rings. The number of benzene rings is 2. The van der Waals surface area contributed by atoms with Gasteiger partial charge in [-0.2, -0.15) is 30.0 Å². The average Bonchev–Trinajstić information content (AvgIpc) is 3.10. The van der Waals surface area contributed by atoms with Crippen molar-refractivity contribution in [1.29, 1.82) is 0 Å². The summed E-state index contributed by atoms with van der Waals surface area (Å²) in [6, 6.07) is 10.4. The van der Waals surface area contributed by atoms with Crippen molar-refractivity contribution in [2.24, 2.45) is 10.5 Å². The molecule has 1 atom stereocenters. The third-order valence-electron chi connectivity index (χ3n) is 5.94. The van der Waals surface area contributed by atoms with E-state index >= 15 is 0 Å². The Morgan fingerprint density at radius 2 is 1.89 bits per heavy atom. The minimum absolute atomic E-state index is 0.161. The molecule has 0 bridgehead atoms. The van der Waals surface area contributed by atoms with Crippen LogP contribution in [0.5, 0.6) is 0 Å². The smallest absolute Gasteiger partial charge is 0.286 e. The molecule has 2 aromatic rings. The number of nitrogens with zero attached hydrogens (tertiary/aromatic N) is 3. The topological polar surface area (TPSA) is 53.0 Å². The molecule has 1 unspecified atom stereocenters. The van der Waals surface area contributed by atoms with Gasteiger partial charge in [0.2, 0.25) is 5.91 Å². The van der Waals surface area contributed by atoms with Crippen LogP contribution in [0.2, 0.25) is 5.02 Å². The Kier molecular flexibility index (Phi) is 9.16. The van der Waals surface area contributed by atoms with Crippen LogP contribution in [0.15, 0.2) is 52.0 Å². The molecule has 0 radical (unpaired) electrons. The molecule has 0 aliphatic carbocycles. The molecule has 0 spiro atoms. The van der Waals surface area contributed by atoms with Gasteiger partial charge in [0, 0.05) is 23.4 Å². The Balaban J connectivity index is 1.91. The molecule has 0 saturated carbocycles. The molecule has 3 rings (SSSR count). The summed E-state index contributed by atoms with van der Waals surface area (Å²) in [5.74, 6) is 0.0340. The SMILES string of the molecule is CSCCCC1(C)CN(CC(=O)N(C(C)=O)c2ccc(Br)cc2)N=C1c1ccc(C(F)(F)F)c(Cl)c1. The van der Waals surface area contributed by atoms with E-state index in [-0.39, 0.29) is 6.54 Å². The van der Waals surface area contributed by atoms with Crippen molar-refractivity contribution >= 4 is 62.5 Å². The lowest BCUT2D eigenvalue weighted by molar-refractivity contribution is -0.137. The third-order valence-corrected chi connectivity index (χ3v) is 7.47. The maximum absolute atomic E-state index is 13.2. The predicted molar refractivity (Wildman–Crippen MR) is 143 cm³/mol. The van der Waals surface area contributed by atoms with E-state index in [1.807, 2.05) is 13.2 Å². The quantitative estimate of drug-likeness (QED) is 0.309. The number of anilines is 1. The van der Waals surface area contributed by atoms with E-state index in [0.717, 1.165) is 34.0 Å². The van der Waals surface area contributed by atoms with Crippen LogP contribution < -0.4 is 4.90 Å². The zero-order valence-electron chi connectivity index (χ0n) is 20.0. The number of rotatable bonds is 8. The lowest BCUT2D eigenvalue weighted by Crippen LogP contribution is -2.42. The van der Waals surface area contributed by atoms with E-state index in [0.29, 0.717) is 23.5 Å². The maximum Gasteiger partial charge on any atom is 0.417 e. The van der Waals surface area contributed by atoms with Gasteiger partial charge >= 0.3 is 6.18 Å². The van der Waals surface area contributed by atoms with Gasteiger partial charge in [0.05, 0.1) is 22.0 Å². The molecule has 36 heavy (non-hydrogen) atoms. The summed E-state index contributed by atoms with van der Waals surface area (Å²) < 4.78 is 40.5. The van der Waals surface area contributed by atoms with Crippen LogP contribution in [0.3, 0.4) is 0 Å². The summed E-state index contributed by atoms with van der Waals surface area (Å²) in [6.45, 7) is 3.52. The van der Waals surface area contributed by atoms with Crippen LogP contribution in [-0.4, -0.2) is 47.6 Å². The van der Waals surface area contributed by atoms with Crippen LogP contribution in [-0.2, 0) is 15.8 Å². The first-order valence-corrected chi connectivity index (χ1v) is 13.7. The van der Waals surface area contributed by atoms with Gasteiger partial charge in [-0.15, -0.1) is 0 Å². The number of hydrogen-bond acceptors (Lipinski definition) is 5. The molecular formula is C25H26BrClF3N3O2S. The summed E-state index contributed by atoms with van der Waals surface area (Å²) in [4.78, 5) is 26.6. The number of imide groups is 1. The molecule has 5 nitrogen and oxygen atoms in total. The number of alkyl halides is 3. The maximum atomic E-state index is 13.2. The number of thioether (sulfide) groups is 1. The van der Waals surface area contributed by atoms with Crippen LogP contribution in [0.25, 0.3) is 0 Å². The average molecular weight is 605 g/mol. The Morgan fingerprint density at radius 3 is 2.44 bits per heavy atom. The van der Waals surface area contributed by atoms with Crippen molar-refractivity contribution < 1.29 is 22.8 Å². The number of carbonyl (C=O) groups excluding carboxylic acids is 2. The van der Waals surface area contributed by atoms with E-state index in [9.17, 15) is 22.8 Å². The summed E-state index contributed by atoms with van der Waals surface area (Å²) >= 11 is 11.0. The van der Waals surface area contributed by atoms with Gasteiger partial charge in [0.15, 0.2) is 0 Å². The number of hydrogen-bond donors (Lipinski definition) is 0. The summed E-state index contributed by atoms with van der Waals surface area (Å²) in [5.41, 5.74) is 0.0687. The molecule has 0 aromatic heterocycles. The van der Waals surface area contributed by atoms with Crippen molar-refractivity contribution in [2.45, 2.75) is 32.9 Å². The van der Waals surface area contributed by atoms with E-state index < -0.39 is 34.0 Å². The van der Waals surface area contributed by atoms with Gasteiger partial charge < -0.3 is 0 Å². The van der Waals surface area contributed by atoms with Crippen molar-refractivity contribution in [3.63, 3.8) is 0 Å². The number of hydrazone groups is 1. The molecule has 1 aliphatic rings. The first kappa shape index (κ1) is 28.5. The lowest BCUT2D eigenvalue weighted by atomic mass is 9.78. The van der Waals surface area contributed by atoms with Crippen LogP contribution in [0.1, 0.15) is 37.8 Å². The summed E-state index contributed by atoms with van der Waals surface area (Å²) in [5, 5.41) is 5.83. The first-order valence-electron chi connectivity index (χ1n) is 11.1. The van der Waals surface area contributed by atoms with Crippen molar-refractivity contribution in [3.8, 4) is 0 Å². The first-order chi connectivity index (χ1) is 16.9. The van der Waals surface area contributed by atoms with E-state index in [1.165, 1.54) is 19.1 Å². The van der Waals surface area contributed by atoms with Crippen molar-refractivity contribution in [1.82, 2.24) is 5.01 Å². The van der Waals surface area contributed by atoms with Crippen LogP contribution >= 0.6 is 39.3 Å². The van der Waals surface area contributed by atoms with Gasteiger partial charge in [-0.3, -0.25) is 14.6 Å². The second-order valence-electron chi connectivity index (χ2n) is 8.85. The molecule has 2 aromatic carbocycles. The highest BCUT2D eigenvalue weighted by Crippen LogP contribution is 2.39. The minimum atomic E-state index is -4.56. The van der Waals surface area contributed by atoms with Gasteiger partial charge in [-0.05, 0) is 66.8 Å². The monoisotopic (exact) mass is 603 g/mol. The van der Waals surface area contributed by atoms with Gasteiger partial charge in [-0.1, -0.05) is 40.5 Å². The standard InChI is InChI=1S/C25H26BrClF3N3O2S/c1-16(34)33(19-8-6-18(26)7-9-19)22(35)14-32-15-24(2,11-4-12-36-3)23(31-32)17-5-10-20(21(27)13-17)25(28,29)30/h5-10,13H,4,11-12,14-15H2,1-3H3. The highest BCUT2D eigenvalue weighted by atomic mass is 79.9. The molecule has 2 amide bonds. The highest BCUT2D eigenvalue weighted by Gasteiger charge is 2.41. The second kappa shape index (κ2) is 11.6. The van der Waals surface area contributed by atoms with Crippen molar-refractivity contribution in [3.05, 3.63) is 63.1 Å². The fourth-order valence-corrected chi connectivity index (χ4v) is 5.27. The molecule has 1 heterocycles. The van der Waals surface area contributed by atoms with Gasteiger partial charge in [0.1, 0.15) is 6.54 Å². The van der Waals surface area contributed by atoms with E-state index in [1.54, 1.807) is 41.0 Å². The Morgan fingerprint density at radius 1 is 1.22 bits per heavy atom. The Hall–Kier alpha value is -2.04. The fourth-order valence-electron chi connectivity index (χ4n) is 4.29. The summed E-state index contributed by atoms with van der Waals surface area (Å²) in [7, 11) is 0. The minimum Gasteiger partial charge on any atom is -0.286 e. The van der Waals surface area contributed by atoms with E-state index in [4.69, 9.17) is 11.6 Å². The molecule has 0 N–H and O–H groups in total. The number of halogens is 5. The third kappa shape index (κ3) is 6.63. The zero-order chi connectivity index (χ0) is 26.7. The number of carbonyl (C=O) groups is 2. The Bertz CT molecular complexity index is 1160. The van der Waals surface area contributed by atoms with Crippen molar-refractivity contribution in [2.75, 3.05) is 30.0 Å². The van der Waals surface area contributed by atoms with Gasteiger partial charge in [0.25, 0.3) is 5.91 Å². The second-order valence-corrected chi connectivity index (χ2v) is 11.2. The lowest BCUT2D eigenvalue weighted by Gasteiger charge is -2.27. The van der Waals surface area contributed by atoms with Crippen LogP contribution in [0, 0.1) is 5.41 Å². The zero-order valence-corrected chi connectivity index (χ0v) is 23.2. The predicted octanol–water partition coefficient (Wildman–Crippen LogP) is 6.87. The molecule has 194 valence electrons. The Labute approximate surface area is 226 Å².